The van der Waals surface area contributed by atoms with Crippen LogP contribution in [0.2, 0.25) is 0 Å². The van der Waals surface area contributed by atoms with E-state index < -0.39 is 35.4 Å². The second kappa shape index (κ2) is 36.0. The smallest absolute Gasteiger partial charge is 0.246 e. The Hall–Kier alpha value is -6.57. The van der Waals surface area contributed by atoms with Crippen LogP contribution in [0.4, 0.5) is 5.82 Å². The van der Waals surface area contributed by atoms with Gasteiger partial charge in [0.1, 0.15) is 36.0 Å². The maximum absolute atomic E-state index is 13.9. The highest BCUT2D eigenvalue weighted by Crippen LogP contribution is 2.35. The van der Waals surface area contributed by atoms with E-state index in [4.69, 9.17) is 33.2 Å². The number of rotatable bonds is 40. The molecule has 5 atom stereocenters. The van der Waals surface area contributed by atoms with E-state index in [0.29, 0.717) is 96.7 Å². The van der Waals surface area contributed by atoms with Crippen molar-refractivity contribution in [3.05, 3.63) is 101 Å². The standard InChI is InChI=1S/C64H90N8O14S/c1-46-60(87-45-68-46)48-18-16-47(17-19-48)40-67-62(78)54-38-51(73)43-72(54)63(79)61(64(2,3)4)69-59(77)44-85-36-35-84-34-33-83-32-31-82-30-29-81-28-27-80-26-23-66-58(76)15-9-7-5-6-8-12-25-86-52-20-22-65-57(39-52)71-42-49-37-50(71)41-70(49)24-21-56(75)53-13-10-11-14-55(53)74/h10-11,13-14,16-22,24,39,45,49-51,54,61,73-74H,5-9,12,15,23,25-38,40-44H2,1-4H3,(H,66,76)(H,67,78)(H,69,77)/b24-21+/t49-,50-,51-,54+,61-/m1/s1. The molecule has 476 valence electrons. The van der Waals surface area contributed by atoms with Crippen LogP contribution in [0.3, 0.4) is 0 Å². The number of carbonyl (C=O) groups is 5. The first-order chi connectivity index (χ1) is 42.1. The van der Waals surface area contributed by atoms with Crippen molar-refractivity contribution in [2.24, 2.45) is 5.41 Å². The molecule has 0 unspecified atom stereocenters. The number of β-amino-alcohol motifs (C(OH)–C–C–N with tert-alkyl or cyclic N) is 1. The zero-order valence-electron chi connectivity index (χ0n) is 51.0. The van der Waals surface area contributed by atoms with Crippen molar-refractivity contribution in [1.29, 1.82) is 0 Å². The van der Waals surface area contributed by atoms with Gasteiger partial charge in [0.05, 0.1) is 107 Å². The second-order valence-electron chi connectivity index (χ2n) is 23.1. The van der Waals surface area contributed by atoms with Gasteiger partial charge in [-0.15, -0.1) is 11.3 Å². The fourth-order valence-electron chi connectivity index (χ4n) is 10.6. The lowest BCUT2D eigenvalue weighted by Gasteiger charge is -2.35. The number of likely N-dealkylation sites (tertiary alicyclic amines) is 2. The zero-order chi connectivity index (χ0) is 61.8. The number of phenols is 1. The Morgan fingerprint density at radius 1 is 0.724 bits per heavy atom. The molecule has 3 aliphatic heterocycles. The van der Waals surface area contributed by atoms with Crippen LogP contribution < -0.4 is 25.6 Å². The van der Waals surface area contributed by atoms with Crippen LogP contribution in [0.15, 0.2) is 84.6 Å². The minimum absolute atomic E-state index is 0.0101. The highest BCUT2D eigenvalue weighted by Gasteiger charge is 2.45. The van der Waals surface area contributed by atoms with Crippen molar-refractivity contribution in [1.82, 2.24) is 35.7 Å². The number of pyridine rings is 1. The molecule has 22 nitrogen and oxygen atoms in total. The van der Waals surface area contributed by atoms with Gasteiger partial charge in [-0.3, -0.25) is 24.0 Å². The zero-order valence-corrected chi connectivity index (χ0v) is 51.8. The van der Waals surface area contributed by atoms with Crippen molar-refractivity contribution in [3.8, 4) is 21.9 Å². The van der Waals surface area contributed by atoms with E-state index in [1.54, 1.807) is 41.8 Å². The molecule has 3 saturated heterocycles. The number of phenolic OH excluding ortho intramolecular Hbond substituents is 1. The number of aromatic hydroxyl groups is 1. The van der Waals surface area contributed by atoms with Gasteiger partial charge in [-0.2, -0.15) is 0 Å². The Morgan fingerprint density at radius 2 is 1.38 bits per heavy atom. The number of unbranched alkanes of at least 4 members (excludes halogenated alkanes) is 5. The van der Waals surface area contributed by atoms with Crippen LogP contribution in [0.1, 0.15) is 100 Å². The summed E-state index contributed by atoms with van der Waals surface area (Å²) in [4.78, 5) is 81.1. The predicted molar refractivity (Wildman–Crippen MR) is 329 cm³/mol. The number of nitrogens with one attached hydrogen (secondary N) is 3. The summed E-state index contributed by atoms with van der Waals surface area (Å²) >= 11 is 1.57. The van der Waals surface area contributed by atoms with E-state index in [-0.39, 0.29) is 62.7 Å². The Morgan fingerprint density at radius 3 is 2.02 bits per heavy atom. The van der Waals surface area contributed by atoms with Crippen LogP contribution in [0, 0.1) is 12.3 Å². The first-order valence-corrected chi connectivity index (χ1v) is 31.4. The number of amides is 4. The summed E-state index contributed by atoms with van der Waals surface area (Å²) in [5.41, 5.74) is 4.31. The van der Waals surface area contributed by atoms with E-state index in [2.05, 4.69) is 35.7 Å². The molecule has 0 radical (unpaired) electrons. The summed E-state index contributed by atoms with van der Waals surface area (Å²) < 4.78 is 39.4. The third-order valence-corrected chi connectivity index (χ3v) is 16.3. The number of carbonyl (C=O) groups excluding carboxylic acids is 5. The highest BCUT2D eigenvalue weighted by atomic mass is 32.1. The predicted octanol–water partition coefficient (Wildman–Crippen LogP) is 6.01. The summed E-state index contributed by atoms with van der Waals surface area (Å²) in [7, 11) is 0. The summed E-state index contributed by atoms with van der Waals surface area (Å²) in [6.07, 6.45) is 12.0. The number of hydrogen-bond acceptors (Lipinski definition) is 19. The monoisotopic (exact) mass is 1230 g/mol. The van der Waals surface area contributed by atoms with Gasteiger partial charge in [-0.1, -0.05) is 82.9 Å². The summed E-state index contributed by atoms with van der Waals surface area (Å²) in [6, 6.07) is 17.1. The average molecular weight is 1230 g/mol. The number of anilines is 1. The highest BCUT2D eigenvalue weighted by molar-refractivity contribution is 7.13. The SMILES string of the molecule is Cc1ncsc1-c1ccc(CNC(=O)[C@@H]2C[C@@H](O)CN2C(=O)[C@@H](NC(=O)COCCOCCOCCOCCOCCOCCNC(=O)CCCCCCCCOc2ccnc(N3C[C@H]4C[C@@H]3CN4/C=C/C(=O)c3ccccc3O)c2)C(C)(C)C)cc1. The number of thiazole rings is 1. The van der Waals surface area contributed by atoms with E-state index >= 15 is 0 Å². The van der Waals surface area contributed by atoms with Crippen LogP contribution >= 0.6 is 11.3 Å². The molecular weight excluding hydrogens is 1140 g/mol. The molecule has 4 aromatic rings. The van der Waals surface area contributed by atoms with E-state index in [1.165, 1.54) is 11.0 Å². The molecule has 2 aromatic carbocycles. The number of aromatic nitrogens is 2. The number of para-hydroxylation sites is 1. The number of aliphatic hydroxyl groups is 1. The third kappa shape index (κ3) is 22.5. The minimum atomic E-state index is -0.969. The first kappa shape index (κ1) is 67.9. The summed E-state index contributed by atoms with van der Waals surface area (Å²) in [5, 5.41) is 29.2. The van der Waals surface area contributed by atoms with E-state index in [0.717, 1.165) is 91.3 Å². The molecule has 5 N–H and O–H groups in total. The van der Waals surface area contributed by atoms with Crippen molar-refractivity contribution < 1.29 is 67.3 Å². The summed E-state index contributed by atoms with van der Waals surface area (Å²) in [6.45, 7) is 14.0. The fraction of sp³-hybridized carbons (Fsp3) is 0.578. The van der Waals surface area contributed by atoms with Crippen molar-refractivity contribution >= 4 is 46.6 Å². The van der Waals surface area contributed by atoms with E-state index in [1.807, 2.05) is 75.8 Å². The largest absolute Gasteiger partial charge is 0.507 e. The Labute approximate surface area is 515 Å². The molecule has 23 heteroatoms. The molecule has 0 saturated carbocycles. The lowest BCUT2D eigenvalue weighted by atomic mass is 9.85. The molecule has 0 aliphatic carbocycles. The molecule has 4 amide bonds. The Bertz CT molecular complexity index is 2800. The number of ether oxygens (including phenoxy) is 7. The second-order valence-corrected chi connectivity index (χ2v) is 23.9. The summed E-state index contributed by atoms with van der Waals surface area (Å²) in [5.74, 6) is 0.225. The molecule has 3 aliphatic rings. The molecule has 5 heterocycles. The molecule has 2 bridgehead atoms. The van der Waals surface area contributed by atoms with Crippen molar-refractivity contribution in [3.63, 3.8) is 0 Å². The van der Waals surface area contributed by atoms with Gasteiger partial charge < -0.3 is 74.0 Å². The molecular formula is C64H90N8O14S. The minimum Gasteiger partial charge on any atom is -0.507 e. The van der Waals surface area contributed by atoms with Crippen molar-refractivity contribution in [2.45, 2.75) is 122 Å². The van der Waals surface area contributed by atoms with Gasteiger partial charge in [0.25, 0.3) is 0 Å². The number of allylic oxidation sites excluding steroid dienone is 1. The van der Waals surface area contributed by atoms with Gasteiger partial charge in [-0.25, -0.2) is 9.97 Å². The molecule has 0 spiro atoms. The van der Waals surface area contributed by atoms with E-state index in [9.17, 15) is 34.2 Å². The third-order valence-electron chi connectivity index (χ3n) is 15.3. The average Bonchev–Trinajstić information content (AvgIpc) is 1.83. The number of piperazine rings is 1. The van der Waals surface area contributed by atoms with Gasteiger partial charge in [0, 0.05) is 82.2 Å². The van der Waals surface area contributed by atoms with Crippen LogP contribution in [0.5, 0.6) is 11.5 Å². The van der Waals surface area contributed by atoms with Gasteiger partial charge in [0.2, 0.25) is 23.6 Å². The lowest BCUT2D eigenvalue weighted by Crippen LogP contribution is -2.58. The van der Waals surface area contributed by atoms with Crippen molar-refractivity contribution in [2.75, 3.05) is 117 Å². The molecule has 7 rings (SSSR count). The molecule has 3 fully saturated rings. The number of fused-ring (bicyclic) bond motifs is 2. The molecule has 2 aromatic heterocycles. The number of nitrogens with zero attached hydrogens (tertiary/aromatic N) is 5. The normalized spacial score (nSPS) is 17.7. The number of aliphatic hydroxyl groups excluding tert-OH is 1. The molecule has 87 heavy (non-hydrogen) atoms. The van der Waals surface area contributed by atoms with Crippen LogP contribution in [0.25, 0.3) is 10.4 Å². The van der Waals surface area contributed by atoms with Gasteiger partial charge >= 0.3 is 0 Å². The number of aryl methyl sites for hydroxylation is 1. The number of hydrogen-bond donors (Lipinski definition) is 5. The topological polar surface area (TPSA) is 262 Å². The quantitative estimate of drug-likeness (QED) is 0.0194. The van der Waals surface area contributed by atoms with Crippen LogP contribution in [-0.2, 0) is 54.1 Å². The first-order valence-electron chi connectivity index (χ1n) is 30.5. The maximum atomic E-state index is 13.9. The van der Waals surface area contributed by atoms with Gasteiger partial charge in [0.15, 0.2) is 5.78 Å². The Kier molecular flexibility index (Phi) is 28.1. The van der Waals surface area contributed by atoms with Gasteiger partial charge in [-0.05, 0) is 60.9 Å². The Balaban J connectivity index is 0.599. The number of benzene rings is 2. The van der Waals surface area contributed by atoms with Crippen LogP contribution in [-0.4, -0.2) is 202 Å². The maximum Gasteiger partial charge on any atom is 0.246 e. The lowest BCUT2D eigenvalue weighted by molar-refractivity contribution is -0.144. The fourth-order valence-corrected chi connectivity index (χ4v) is 11.4. The number of ketones is 1.